The van der Waals surface area contributed by atoms with Gasteiger partial charge in [0, 0.05) is 8.07 Å². The van der Waals surface area contributed by atoms with Crippen LogP contribution in [0.25, 0.3) is 0 Å². The lowest BCUT2D eigenvalue weighted by Gasteiger charge is -2.01. The van der Waals surface area contributed by atoms with Gasteiger partial charge in [0.05, 0.1) is 0 Å². The summed E-state index contributed by atoms with van der Waals surface area (Å²) in [7, 11) is -0.611. The molecule has 0 nitrogen and oxygen atoms in total. The van der Waals surface area contributed by atoms with Crippen LogP contribution in [-0.2, 0) is 0 Å². The number of hydrogen-bond acceptors (Lipinski definition) is 0. The van der Waals surface area contributed by atoms with Crippen LogP contribution in [-0.4, -0.2) is 8.07 Å². The zero-order chi connectivity index (χ0) is 4.50. The molecule has 0 rings (SSSR count). The van der Waals surface area contributed by atoms with Crippen LogP contribution in [0, 0.1) is 0 Å². The van der Waals surface area contributed by atoms with Crippen molar-refractivity contribution in [3.8, 4) is 0 Å². The van der Waals surface area contributed by atoms with Gasteiger partial charge in [0.15, 0.2) is 0 Å². The molecule has 3 heteroatoms. The van der Waals surface area contributed by atoms with E-state index in [2.05, 4.69) is 26.2 Å². The van der Waals surface area contributed by atoms with Crippen molar-refractivity contribution in [3.63, 3.8) is 0 Å². The highest BCUT2D eigenvalue weighted by atomic mass is 127. The Balaban J connectivity index is -0.0000000800. The van der Waals surface area contributed by atoms with Gasteiger partial charge in [-0.1, -0.05) is 26.2 Å². The lowest BCUT2D eigenvalue weighted by molar-refractivity contribution is 1.71. The van der Waals surface area contributed by atoms with Crippen molar-refractivity contribution in [2.75, 3.05) is 0 Å². The fraction of sp³-hybridized carbons (Fsp3) is 1.00. The fourth-order valence-corrected chi connectivity index (χ4v) is 0. The zero-order valence-corrected chi connectivity index (χ0v) is 11.0. The molecule has 0 heterocycles. The maximum atomic E-state index is 2.33. The topological polar surface area (TPSA) is 0 Å². The maximum Gasteiger partial charge on any atom is 0.0411 e. The summed E-state index contributed by atoms with van der Waals surface area (Å²) in [5, 5.41) is 0. The Morgan fingerprint density at radius 2 is 0.714 bits per heavy atom. The van der Waals surface area contributed by atoms with Crippen LogP contribution in [0.15, 0.2) is 0 Å². The minimum absolute atomic E-state index is 0. The second-order valence-corrected chi connectivity index (χ2v) is 9.00. The second kappa shape index (κ2) is 5.81. The van der Waals surface area contributed by atoms with Gasteiger partial charge in [0.1, 0.15) is 0 Å². The molecule has 0 aliphatic rings. The standard InChI is InChI=1S/C4H12Si.2HI/c1-5(2,3)4;;/h1-4H3;2*1H. The lowest BCUT2D eigenvalue weighted by atomic mass is 11.8. The Morgan fingerprint density at radius 1 is 0.714 bits per heavy atom. The molecule has 0 amide bonds. The van der Waals surface area contributed by atoms with Crippen LogP contribution in [0.5, 0.6) is 0 Å². The maximum absolute atomic E-state index is 2.33. The third-order valence-corrected chi connectivity index (χ3v) is 0. The molecule has 0 saturated carbocycles. The summed E-state index contributed by atoms with van der Waals surface area (Å²) in [5.74, 6) is 0. The van der Waals surface area contributed by atoms with E-state index in [0.717, 1.165) is 0 Å². The molecular weight excluding hydrogens is 330 g/mol. The van der Waals surface area contributed by atoms with Crippen molar-refractivity contribution < 1.29 is 0 Å². The summed E-state index contributed by atoms with van der Waals surface area (Å²) >= 11 is 0. The molecule has 0 aromatic heterocycles. The summed E-state index contributed by atoms with van der Waals surface area (Å²) in [6, 6.07) is 0. The van der Waals surface area contributed by atoms with E-state index in [-0.39, 0.29) is 48.0 Å². The zero-order valence-electron chi connectivity index (χ0n) is 5.32. The first kappa shape index (κ1) is 15.9. The Morgan fingerprint density at radius 3 is 0.714 bits per heavy atom. The van der Waals surface area contributed by atoms with Gasteiger partial charge < -0.3 is 0 Å². The predicted octanol–water partition coefficient (Wildman–Crippen LogP) is 3.19. The highest BCUT2D eigenvalue weighted by Crippen LogP contribution is 1.94. The van der Waals surface area contributed by atoms with Gasteiger partial charge in [-0.25, -0.2) is 0 Å². The van der Waals surface area contributed by atoms with E-state index < -0.39 is 8.07 Å². The van der Waals surface area contributed by atoms with Crippen LogP contribution in [0.4, 0.5) is 0 Å². The van der Waals surface area contributed by atoms with Gasteiger partial charge in [-0.05, 0) is 0 Å². The Kier molecular flexibility index (Phi) is 13.2. The number of rotatable bonds is 0. The van der Waals surface area contributed by atoms with Crippen molar-refractivity contribution in [1.29, 1.82) is 0 Å². The molecule has 0 fully saturated rings. The van der Waals surface area contributed by atoms with E-state index in [4.69, 9.17) is 0 Å². The number of halogens is 2. The van der Waals surface area contributed by atoms with Gasteiger partial charge >= 0.3 is 0 Å². The highest BCUT2D eigenvalue weighted by molar-refractivity contribution is 14.0. The normalized spacial score (nSPS) is 8.57. The summed E-state index contributed by atoms with van der Waals surface area (Å²) in [6.45, 7) is 9.31. The Bertz CT molecular complexity index is 25.2. The van der Waals surface area contributed by atoms with Gasteiger partial charge in [0.2, 0.25) is 0 Å². The summed E-state index contributed by atoms with van der Waals surface area (Å²) in [4.78, 5) is 0. The SMILES string of the molecule is C[Si](C)(C)C.I.I. The Labute approximate surface area is 81.5 Å². The smallest absolute Gasteiger partial charge is 0.0411 e. The first-order valence-electron chi connectivity index (χ1n) is 2.00. The molecule has 0 aromatic carbocycles. The molecule has 7 heavy (non-hydrogen) atoms. The second-order valence-electron chi connectivity index (χ2n) is 3.00. The minimum atomic E-state index is -0.611. The van der Waals surface area contributed by atoms with E-state index in [1.165, 1.54) is 0 Å². The number of hydrogen-bond donors (Lipinski definition) is 0. The molecule has 0 spiro atoms. The largest absolute Gasteiger partial charge is 0.107 e. The summed E-state index contributed by atoms with van der Waals surface area (Å²) in [5.41, 5.74) is 0. The van der Waals surface area contributed by atoms with Crippen molar-refractivity contribution >= 4 is 56.0 Å². The van der Waals surface area contributed by atoms with Crippen LogP contribution in [0.1, 0.15) is 0 Å². The molecule has 0 N–H and O–H groups in total. The van der Waals surface area contributed by atoms with Crippen molar-refractivity contribution in [1.82, 2.24) is 0 Å². The van der Waals surface area contributed by atoms with E-state index >= 15 is 0 Å². The molecular formula is C4H14I2Si. The Hall–Kier alpha value is 1.68. The van der Waals surface area contributed by atoms with Gasteiger partial charge in [-0.3, -0.25) is 0 Å². The first-order chi connectivity index (χ1) is 2.00. The average molecular weight is 344 g/mol. The van der Waals surface area contributed by atoms with Crippen LogP contribution >= 0.6 is 48.0 Å². The first-order valence-corrected chi connectivity index (χ1v) is 6.00. The van der Waals surface area contributed by atoms with Crippen LogP contribution < -0.4 is 0 Å². The fourth-order valence-electron chi connectivity index (χ4n) is 0. The monoisotopic (exact) mass is 344 g/mol. The van der Waals surface area contributed by atoms with Crippen molar-refractivity contribution in [3.05, 3.63) is 0 Å². The predicted molar refractivity (Wildman–Crippen MR) is 60.0 cm³/mol. The molecule has 0 radical (unpaired) electrons. The molecule has 0 unspecified atom stereocenters. The lowest BCUT2D eigenvalue weighted by Crippen LogP contribution is -2.10. The molecule has 0 bridgehead atoms. The molecule has 0 aromatic rings. The molecule has 0 aliphatic heterocycles. The third kappa shape index (κ3) is 88.0. The molecule has 0 saturated heterocycles. The van der Waals surface area contributed by atoms with E-state index in [1.807, 2.05) is 0 Å². The summed E-state index contributed by atoms with van der Waals surface area (Å²) < 4.78 is 0. The minimum Gasteiger partial charge on any atom is -0.107 e. The van der Waals surface area contributed by atoms with Crippen LogP contribution in [0.2, 0.25) is 26.2 Å². The summed E-state index contributed by atoms with van der Waals surface area (Å²) in [6.07, 6.45) is 0. The average Bonchev–Trinajstić information content (AvgIpc) is 0.722. The third-order valence-electron chi connectivity index (χ3n) is 0. The van der Waals surface area contributed by atoms with Gasteiger partial charge in [0.25, 0.3) is 0 Å². The van der Waals surface area contributed by atoms with E-state index in [1.54, 1.807) is 0 Å². The van der Waals surface area contributed by atoms with Gasteiger partial charge in [-0.2, -0.15) is 0 Å². The molecule has 48 valence electrons. The van der Waals surface area contributed by atoms with Crippen LogP contribution in [0.3, 0.4) is 0 Å². The van der Waals surface area contributed by atoms with E-state index in [0.29, 0.717) is 0 Å². The molecule has 0 atom stereocenters. The quantitative estimate of drug-likeness (QED) is 0.468. The van der Waals surface area contributed by atoms with Crippen molar-refractivity contribution in [2.24, 2.45) is 0 Å². The highest BCUT2D eigenvalue weighted by Gasteiger charge is 1.99. The molecule has 0 aliphatic carbocycles. The van der Waals surface area contributed by atoms with Gasteiger partial charge in [-0.15, -0.1) is 48.0 Å². The van der Waals surface area contributed by atoms with E-state index in [9.17, 15) is 0 Å². The van der Waals surface area contributed by atoms with Crippen molar-refractivity contribution in [2.45, 2.75) is 26.2 Å².